The van der Waals surface area contributed by atoms with Crippen molar-refractivity contribution in [1.29, 1.82) is 0 Å². The third-order valence-electron chi connectivity index (χ3n) is 6.13. The lowest BCUT2D eigenvalue weighted by molar-refractivity contribution is 0.848. The smallest absolute Gasteiger partial charge is 0.0905 e. The molecule has 182 valence electrons. The van der Waals surface area contributed by atoms with Crippen molar-refractivity contribution >= 4 is 22.8 Å². The maximum atomic E-state index is 5.08. The van der Waals surface area contributed by atoms with Crippen LogP contribution in [0.1, 0.15) is 28.7 Å². The zero-order valence-electron chi connectivity index (χ0n) is 20.9. The largest absolute Gasteiger partial charge is 0.282 e. The predicted molar refractivity (Wildman–Crippen MR) is 156 cm³/mol. The van der Waals surface area contributed by atoms with Crippen LogP contribution in [0.3, 0.4) is 0 Å². The van der Waals surface area contributed by atoms with Gasteiger partial charge in [-0.15, -0.1) is 0 Å². The van der Waals surface area contributed by atoms with Gasteiger partial charge in [-0.2, -0.15) is 0 Å². The van der Waals surface area contributed by atoms with Crippen LogP contribution in [0, 0.1) is 0 Å². The van der Waals surface area contributed by atoms with Gasteiger partial charge in [-0.1, -0.05) is 121 Å². The Morgan fingerprint density at radius 3 is 0.811 bits per heavy atom. The molecule has 4 aromatic rings. The van der Waals surface area contributed by atoms with E-state index in [-0.39, 0.29) is 0 Å². The van der Waals surface area contributed by atoms with Gasteiger partial charge in [0.05, 0.1) is 35.9 Å². The van der Waals surface area contributed by atoms with Gasteiger partial charge in [0.15, 0.2) is 0 Å². The Balaban J connectivity index is 1.59. The van der Waals surface area contributed by atoms with Gasteiger partial charge < -0.3 is 0 Å². The Kier molecular flexibility index (Phi) is 8.20. The van der Waals surface area contributed by atoms with Crippen molar-refractivity contribution in [3.8, 4) is 0 Å². The van der Waals surface area contributed by atoms with E-state index in [1.807, 2.05) is 48.5 Å². The van der Waals surface area contributed by atoms with Crippen molar-refractivity contribution in [3.05, 3.63) is 144 Å². The minimum atomic E-state index is 0.550. The second-order valence-electron chi connectivity index (χ2n) is 8.74. The van der Waals surface area contributed by atoms with Gasteiger partial charge in [-0.25, -0.2) is 0 Å². The molecule has 0 amide bonds. The van der Waals surface area contributed by atoms with Gasteiger partial charge in [0.1, 0.15) is 0 Å². The molecule has 1 aliphatic rings. The number of benzene rings is 4. The average Bonchev–Trinajstić information content (AvgIpc) is 2.99. The summed E-state index contributed by atoms with van der Waals surface area (Å²) in [5.41, 5.74) is 7.93. The van der Waals surface area contributed by atoms with Crippen LogP contribution in [-0.2, 0) is 0 Å². The van der Waals surface area contributed by atoms with Gasteiger partial charge in [0.2, 0.25) is 0 Å². The standard InChI is InChI=1S/C33H30N4/c1-5-14-26(15-6-1)30-32(28-18-9-3-10-19-28)36-24-25-37-33(29-20-11-4-12-21-29)31(35-23-13-22-34-30)27-16-7-2-8-17-27/h1-12,14-21H,13,22-25H2. The zero-order valence-corrected chi connectivity index (χ0v) is 20.9. The second kappa shape index (κ2) is 12.5. The summed E-state index contributed by atoms with van der Waals surface area (Å²) in [5.74, 6) is 0. The van der Waals surface area contributed by atoms with E-state index in [0.29, 0.717) is 26.2 Å². The Labute approximate surface area is 218 Å². The average molecular weight is 483 g/mol. The first-order valence-corrected chi connectivity index (χ1v) is 12.8. The third kappa shape index (κ3) is 6.22. The molecule has 0 bridgehead atoms. The lowest BCUT2D eigenvalue weighted by Gasteiger charge is -2.12. The monoisotopic (exact) mass is 482 g/mol. The van der Waals surface area contributed by atoms with Crippen molar-refractivity contribution in [3.63, 3.8) is 0 Å². The van der Waals surface area contributed by atoms with Crippen molar-refractivity contribution in [2.24, 2.45) is 20.0 Å². The highest BCUT2D eigenvalue weighted by Crippen LogP contribution is 2.14. The highest BCUT2D eigenvalue weighted by molar-refractivity contribution is 6.54. The van der Waals surface area contributed by atoms with Crippen molar-refractivity contribution in [2.75, 3.05) is 26.2 Å². The summed E-state index contributed by atoms with van der Waals surface area (Å²) < 4.78 is 0. The van der Waals surface area contributed by atoms with Crippen LogP contribution < -0.4 is 0 Å². The lowest BCUT2D eigenvalue weighted by atomic mass is 9.99. The van der Waals surface area contributed by atoms with Gasteiger partial charge in [0, 0.05) is 35.3 Å². The highest BCUT2D eigenvalue weighted by Gasteiger charge is 2.16. The van der Waals surface area contributed by atoms with Crippen molar-refractivity contribution in [1.82, 2.24) is 0 Å². The molecule has 0 fully saturated rings. The zero-order chi connectivity index (χ0) is 25.1. The summed E-state index contributed by atoms with van der Waals surface area (Å²) >= 11 is 0. The van der Waals surface area contributed by atoms with Crippen LogP contribution in [0.25, 0.3) is 0 Å². The number of hydrogen-bond donors (Lipinski definition) is 0. The fourth-order valence-corrected chi connectivity index (χ4v) is 4.37. The molecule has 0 saturated carbocycles. The minimum Gasteiger partial charge on any atom is -0.282 e. The fraction of sp³-hybridized carbons (Fsp3) is 0.152. The molecule has 1 heterocycles. The van der Waals surface area contributed by atoms with E-state index >= 15 is 0 Å². The lowest BCUT2D eigenvalue weighted by Crippen LogP contribution is -2.20. The Hall–Kier alpha value is -4.44. The summed E-state index contributed by atoms with van der Waals surface area (Å²) in [6.45, 7) is 2.43. The molecular formula is C33H30N4. The van der Waals surface area contributed by atoms with E-state index in [2.05, 4.69) is 72.8 Å². The minimum absolute atomic E-state index is 0.550. The molecule has 0 saturated heterocycles. The summed E-state index contributed by atoms with van der Waals surface area (Å²) in [4.78, 5) is 20.3. The number of hydrogen-bond acceptors (Lipinski definition) is 4. The van der Waals surface area contributed by atoms with Crippen LogP contribution in [-0.4, -0.2) is 49.0 Å². The molecule has 4 heteroatoms. The van der Waals surface area contributed by atoms with Crippen LogP contribution >= 0.6 is 0 Å². The van der Waals surface area contributed by atoms with Crippen molar-refractivity contribution in [2.45, 2.75) is 6.42 Å². The third-order valence-corrected chi connectivity index (χ3v) is 6.13. The molecule has 0 aromatic heterocycles. The highest BCUT2D eigenvalue weighted by atomic mass is 14.9. The topological polar surface area (TPSA) is 49.4 Å². The Bertz CT molecular complexity index is 1290. The maximum Gasteiger partial charge on any atom is 0.0905 e. The van der Waals surface area contributed by atoms with E-state index in [0.717, 1.165) is 51.5 Å². The van der Waals surface area contributed by atoms with E-state index in [4.69, 9.17) is 20.0 Å². The maximum absolute atomic E-state index is 5.08. The quantitative estimate of drug-likeness (QED) is 0.326. The summed E-state index contributed by atoms with van der Waals surface area (Å²) in [6, 6.07) is 41.3. The SMILES string of the molecule is c1ccc(C2=NCCCN=C(c3ccccc3)C(c3ccccc3)=NCCN=C2c2ccccc2)cc1. The van der Waals surface area contributed by atoms with E-state index in [9.17, 15) is 0 Å². The molecule has 37 heavy (non-hydrogen) atoms. The number of aliphatic imine (C=N–C) groups is 4. The second-order valence-corrected chi connectivity index (χ2v) is 8.74. The normalized spacial score (nSPS) is 15.1. The first kappa shape index (κ1) is 24.3. The Morgan fingerprint density at radius 2 is 0.541 bits per heavy atom. The van der Waals surface area contributed by atoms with Crippen LogP contribution in [0.4, 0.5) is 0 Å². The van der Waals surface area contributed by atoms with E-state index in [1.54, 1.807) is 0 Å². The van der Waals surface area contributed by atoms with Gasteiger partial charge in [-0.3, -0.25) is 20.0 Å². The van der Waals surface area contributed by atoms with Gasteiger partial charge >= 0.3 is 0 Å². The molecule has 4 nitrogen and oxygen atoms in total. The molecule has 1 aliphatic heterocycles. The molecular weight excluding hydrogens is 452 g/mol. The van der Waals surface area contributed by atoms with Crippen LogP contribution in [0.2, 0.25) is 0 Å². The fourth-order valence-electron chi connectivity index (χ4n) is 4.37. The predicted octanol–water partition coefficient (Wildman–Crippen LogP) is 6.35. The molecule has 0 aliphatic carbocycles. The molecule has 4 aromatic carbocycles. The summed E-state index contributed by atoms with van der Waals surface area (Å²) in [5, 5.41) is 0. The van der Waals surface area contributed by atoms with E-state index in [1.165, 1.54) is 0 Å². The first-order chi connectivity index (χ1) is 18.4. The molecule has 0 radical (unpaired) electrons. The van der Waals surface area contributed by atoms with Crippen molar-refractivity contribution < 1.29 is 0 Å². The number of rotatable bonds is 4. The summed E-state index contributed by atoms with van der Waals surface area (Å²) in [7, 11) is 0. The van der Waals surface area contributed by atoms with E-state index < -0.39 is 0 Å². The van der Waals surface area contributed by atoms with Gasteiger partial charge in [0.25, 0.3) is 0 Å². The Morgan fingerprint density at radius 1 is 0.297 bits per heavy atom. The van der Waals surface area contributed by atoms with Crippen LogP contribution in [0.15, 0.2) is 141 Å². The number of nitrogens with zero attached hydrogens (tertiary/aromatic N) is 4. The molecule has 0 N–H and O–H groups in total. The molecule has 0 spiro atoms. The van der Waals surface area contributed by atoms with Crippen LogP contribution in [0.5, 0.6) is 0 Å². The molecule has 5 rings (SSSR count). The van der Waals surface area contributed by atoms with Gasteiger partial charge in [-0.05, 0) is 6.42 Å². The first-order valence-electron chi connectivity index (χ1n) is 12.8. The molecule has 0 atom stereocenters. The summed E-state index contributed by atoms with van der Waals surface area (Å²) in [6.07, 6.45) is 0.830. The molecule has 0 unspecified atom stereocenters.